The quantitative estimate of drug-likeness (QED) is 0.815. The first-order chi connectivity index (χ1) is 7.88. The molecule has 1 fully saturated rings. The van der Waals surface area contributed by atoms with E-state index in [0.717, 1.165) is 13.1 Å². The number of likely N-dealkylation sites (N-methyl/N-ethyl adjacent to an activating group) is 1. The van der Waals surface area contributed by atoms with Gasteiger partial charge in [0.05, 0.1) is 0 Å². The summed E-state index contributed by atoms with van der Waals surface area (Å²) in [6.07, 6.45) is 0.427. The monoisotopic (exact) mass is 242 g/mol. The number of nitrogens with zero attached hydrogens (tertiary/aromatic N) is 2. The van der Waals surface area contributed by atoms with E-state index in [1.165, 1.54) is 4.90 Å². The molecule has 0 aromatic carbocycles. The average molecular weight is 242 g/mol. The zero-order valence-electron chi connectivity index (χ0n) is 11.0. The Morgan fingerprint density at radius 3 is 2.18 bits per heavy atom. The standard InChI is InChI=1S/C12H22N2O3/c1-5-10(11(15)16)13(4)12(17)14-6-8(2)9(3)7-14/h8-10H,5-7H2,1-4H3,(H,15,16). The molecule has 5 heteroatoms. The van der Waals surface area contributed by atoms with E-state index in [-0.39, 0.29) is 6.03 Å². The van der Waals surface area contributed by atoms with Crippen molar-refractivity contribution in [3.8, 4) is 0 Å². The lowest BCUT2D eigenvalue weighted by Crippen LogP contribution is -2.48. The highest BCUT2D eigenvalue weighted by Crippen LogP contribution is 2.23. The summed E-state index contributed by atoms with van der Waals surface area (Å²) in [6.45, 7) is 7.46. The van der Waals surface area contributed by atoms with Gasteiger partial charge in [0, 0.05) is 20.1 Å². The van der Waals surface area contributed by atoms with Crippen LogP contribution in [0.15, 0.2) is 0 Å². The van der Waals surface area contributed by atoms with Crippen molar-refractivity contribution in [3.05, 3.63) is 0 Å². The second-order valence-electron chi connectivity index (χ2n) is 5.02. The largest absolute Gasteiger partial charge is 0.480 e. The van der Waals surface area contributed by atoms with Crippen LogP contribution in [0.4, 0.5) is 4.79 Å². The topological polar surface area (TPSA) is 60.9 Å². The third-order valence-corrected chi connectivity index (χ3v) is 3.70. The number of carbonyl (C=O) groups is 2. The number of carboxylic acid groups (broad SMARTS) is 1. The number of amides is 2. The maximum absolute atomic E-state index is 12.1. The Morgan fingerprint density at radius 1 is 1.35 bits per heavy atom. The molecule has 1 saturated heterocycles. The van der Waals surface area contributed by atoms with Crippen LogP contribution < -0.4 is 0 Å². The van der Waals surface area contributed by atoms with Gasteiger partial charge in [-0.05, 0) is 18.3 Å². The highest BCUT2D eigenvalue weighted by Gasteiger charge is 2.34. The number of likely N-dealkylation sites (tertiary alicyclic amines) is 1. The van der Waals surface area contributed by atoms with Crippen LogP contribution in [0, 0.1) is 11.8 Å². The summed E-state index contributed by atoms with van der Waals surface area (Å²) in [5.41, 5.74) is 0. The molecule has 17 heavy (non-hydrogen) atoms. The SMILES string of the molecule is CCC(C(=O)O)N(C)C(=O)N1CC(C)C(C)C1. The Hall–Kier alpha value is -1.26. The molecule has 0 aromatic heterocycles. The van der Waals surface area contributed by atoms with E-state index < -0.39 is 12.0 Å². The first-order valence-electron chi connectivity index (χ1n) is 6.13. The molecule has 3 unspecified atom stereocenters. The van der Waals surface area contributed by atoms with Crippen molar-refractivity contribution >= 4 is 12.0 Å². The van der Waals surface area contributed by atoms with E-state index in [2.05, 4.69) is 13.8 Å². The zero-order valence-corrected chi connectivity index (χ0v) is 11.0. The molecule has 0 spiro atoms. The lowest BCUT2D eigenvalue weighted by molar-refractivity contribution is -0.142. The highest BCUT2D eigenvalue weighted by molar-refractivity contribution is 5.82. The van der Waals surface area contributed by atoms with Crippen LogP contribution in [-0.4, -0.2) is 53.1 Å². The number of urea groups is 1. The summed E-state index contributed by atoms with van der Waals surface area (Å²) >= 11 is 0. The Balaban J connectivity index is 2.67. The molecular weight excluding hydrogens is 220 g/mol. The molecular formula is C12H22N2O3. The first-order valence-corrected chi connectivity index (χ1v) is 6.13. The first kappa shape index (κ1) is 13.8. The summed E-state index contributed by atoms with van der Waals surface area (Å²) in [7, 11) is 1.57. The number of carboxylic acids is 1. The molecule has 0 aromatic rings. The Bertz CT molecular complexity index is 296. The second-order valence-corrected chi connectivity index (χ2v) is 5.02. The number of carbonyl (C=O) groups excluding carboxylic acids is 1. The minimum atomic E-state index is -0.941. The van der Waals surface area contributed by atoms with Gasteiger partial charge in [0.15, 0.2) is 0 Å². The van der Waals surface area contributed by atoms with Crippen molar-refractivity contribution in [2.75, 3.05) is 20.1 Å². The van der Waals surface area contributed by atoms with Gasteiger partial charge in [0.2, 0.25) is 0 Å². The summed E-state index contributed by atoms with van der Waals surface area (Å²) in [5, 5.41) is 9.03. The lowest BCUT2D eigenvalue weighted by atomic mass is 10.0. The van der Waals surface area contributed by atoms with Gasteiger partial charge in [-0.25, -0.2) is 9.59 Å². The van der Waals surface area contributed by atoms with Crippen LogP contribution in [-0.2, 0) is 4.79 Å². The smallest absolute Gasteiger partial charge is 0.326 e. The van der Waals surface area contributed by atoms with E-state index in [0.29, 0.717) is 18.3 Å². The molecule has 1 aliphatic heterocycles. The van der Waals surface area contributed by atoms with Crippen LogP contribution in [0.1, 0.15) is 27.2 Å². The fourth-order valence-corrected chi connectivity index (χ4v) is 2.26. The second kappa shape index (κ2) is 5.38. The predicted octanol–water partition coefficient (Wildman–Crippen LogP) is 1.49. The Labute approximate surface area is 102 Å². The van der Waals surface area contributed by atoms with Gasteiger partial charge in [-0.3, -0.25) is 0 Å². The number of rotatable bonds is 3. The summed E-state index contributed by atoms with van der Waals surface area (Å²) in [6, 6.07) is -0.899. The zero-order chi connectivity index (χ0) is 13.2. The molecule has 0 aliphatic carbocycles. The molecule has 1 aliphatic rings. The third-order valence-electron chi connectivity index (χ3n) is 3.70. The maximum atomic E-state index is 12.1. The number of hydrogen-bond donors (Lipinski definition) is 1. The summed E-state index contributed by atoms with van der Waals surface area (Å²) < 4.78 is 0. The highest BCUT2D eigenvalue weighted by atomic mass is 16.4. The Morgan fingerprint density at radius 2 is 1.82 bits per heavy atom. The predicted molar refractivity (Wildman–Crippen MR) is 64.8 cm³/mol. The van der Waals surface area contributed by atoms with E-state index in [9.17, 15) is 9.59 Å². The van der Waals surface area contributed by atoms with Crippen molar-refractivity contribution < 1.29 is 14.7 Å². The number of hydrogen-bond acceptors (Lipinski definition) is 2. The molecule has 5 nitrogen and oxygen atoms in total. The molecule has 2 amide bonds. The van der Waals surface area contributed by atoms with Crippen LogP contribution >= 0.6 is 0 Å². The maximum Gasteiger partial charge on any atom is 0.326 e. The van der Waals surface area contributed by atoms with Crippen molar-refractivity contribution in [1.82, 2.24) is 9.80 Å². The van der Waals surface area contributed by atoms with Gasteiger partial charge in [-0.1, -0.05) is 20.8 Å². The molecule has 0 bridgehead atoms. The summed E-state index contributed by atoms with van der Waals surface area (Å²) in [4.78, 5) is 26.2. The molecule has 98 valence electrons. The van der Waals surface area contributed by atoms with Crippen molar-refractivity contribution in [3.63, 3.8) is 0 Å². The van der Waals surface area contributed by atoms with Crippen LogP contribution in [0.2, 0.25) is 0 Å². The summed E-state index contributed by atoms with van der Waals surface area (Å²) in [5.74, 6) is 0.0261. The van der Waals surface area contributed by atoms with Crippen LogP contribution in [0.3, 0.4) is 0 Å². The van der Waals surface area contributed by atoms with E-state index >= 15 is 0 Å². The van der Waals surface area contributed by atoms with Crippen LogP contribution in [0.5, 0.6) is 0 Å². The fraction of sp³-hybridized carbons (Fsp3) is 0.833. The van der Waals surface area contributed by atoms with Crippen LogP contribution in [0.25, 0.3) is 0 Å². The molecule has 1 rings (SSSR count). The third kappa shape index (κ3) is 2.90. The van der Waals surface area contributed by atoms with Crippen molar-refractivity contribution in [2.24, 2.45) is 11.8 Å². The fourth-order valence-electron chi connectivity index (χ4n) is 2.26. The lowest BCUT2D eigenvalue weighted by Gasteiger charge is -2.28. The molecule has 1 heterocycles. The van der Waals surface area contributed by atoms with Gasteiger partial charge >= 0.3 is 12.0 Å². The molecule has 0 saturated carbocycles. The molecule has 1 N–H and O–H groups in total. The minimum absolute atomic E-state index is 0.171. The van der Waals surface area contributed by atoms with Crippen molar-refractivity contribution in [2.45, 2.75) is 33.2 Å². The van der Waals surface area contributed by atoms with Gasteiger partial charge in [0.25, 0.3) is 0 Å². The molecule has 3 atom stereocenters. The van der Waals surface area contributed by atoms with Crippen molar-refractivity contribution in [1.29, 1.82) is 0 Å². The number of aliphatic carboxylic acids is 1. The molecule has 0 radical (unpaired) electrons. The van der Waals surface area contributed by atoms with Gasteiger partial charge < -0.3 is 14.9 Å². The average Bonchev–Trinajstić information content (AvgIpc) is 2.58. The van der Waals surface area contributed by atoms with Gasteiger partial charge in [-0.2, -0.15) is 0 Å². The Kier molecular flexibility index (Phi) is 4.37. The van der Waals surface area contributed by atoms with Gasteiger partial charge in [0.1, 0.15) is 6.04 Å². The van der Waals surface area contributed by atoms with E-state index in [1.807, 2.05) is 0 Å². The van der Waals surface area contributed by atoms with Gasteiger partial charge in [-0.15, -0.1) is 0 Å². The van der Waals surface area contributed by atoms with E-state index in [1.54, 1.807) is 18.9 Å². The van der Waals surface area contributed by atoms with E-state index in [4.69, 9.17) is 5.11 Å². The normalized spacial score (nSPS) is 25.8. The minimum Gasteiger partial charge on any atom is -0.480 e.